The summed E-state index contributed by atoms with van der Waals surface area (Å²) in [6, 6.07) is 18.1. The number of amides is 3. The maximum atomic E-state index is 13.1. The van der Waals surface area contributed by atoms with Crippen LogP contribution in [-0.4, -0.2) is 60.9 Å². The van der Waals surface area contributed by atoms with Crippen LogP contribution in [0, 0.1) is 0 Å². The maximum Gasteiger partial charge on any atom is 0.324 e. The molecule has 166 valence electrons. The molecule has 33 heavy (non-hydrogen) atoms. The third-order valence-corrected chi connectivity index (χ3v) is 6.43. The van der Waals surface area contributed by atoms with Gasteiger partial charge in [0, 0.05) is 42.0 Å². The van der Waals surface area contributed by atoms with Crippen molar-refractivity contribution < 1.29 is 19.1 Å². The number of para-hydroxylation sites is 1. The van der Waals surface area contributed by atoms with Crippen molar-refractivity contribution in [3.05, 3.63) is 71.3 Å². The lowest BCUT2D eigenvalue weighted by atomic mass is 10.0. The van der Waals surface area contributed by atoms with Gasteiger partial charge in [-0.1, -0.05) is 42.5 Å². The molecule has 3 amide bonds. The Morgan fingerprint density at radius 2 is 1.91 bits per heavy atom. The van der Waals surface area contributed by atoms with Crippen LogP contribution in [0.3, 0.4) is 0 Å². The van der Waals surface area contributed by atoms with Crippen molar-refractivity contribution in [2.75, 3.05) is 33.4 Å². The Labute approximate surface area is 190 Å². The van der Waals surface area contributed by atoms with E-state index in [9.17, 15) is 9.59 Å². The van der Waals surface area contributed by atoms with Crippen molar-refractivity contribution in [3.63, 3.8) is 0 Å². The minimum atomic E-state index is -0.403. The summed E-state index contributed by atoms with van der Waals surface area (Å²) >= 11 is 0. The predicted molar refractivity (Wildman–Crippen MR) is 125 cm³/mol. The fourth-order valence-electron chi connectivity index (χ4n) is 4.85. The molecule has 0 bridgehead atoms. The first-order valence-electron chi connectivity index (χ1n) is 11.0. The summed E-state index contributed by atoms with van der Waals surface area (Å²) in [5, 5.41) is 3.72. The van der Waals surface area contributed by atoms with Gasteiger partial charge in [-0.15, -0.1) is 0 Å². The number of methoxy groups -OCH3 is 1. The zero-order valence-corrected chi connectivity index (χ0v) is 18.2. The molecule has 2 aliphatic heterocycles. The number of carbonyl (C=O) groups is 2. The van der Waals surface area contributed by atoms with Crippen molar-refractivity contribution >= 4 is 34.6 Å². The van der Waals surface area contributed by atoms with E-state index in [4.69, 9.17) is 9.47 Å². The van der Waals surface area contributed by atoms with E-state index in [1.807, 2.05) is 36.5 Å². The summed E-state index contributed by atoms with van der Waals surface area (Å²) in [4.78, 5) is 27.5. The molecule has 7 nitrogen and oxygen atoms in total. The van der Waals surface area contributed by atoms with Gasteiger partial charge in [0.25, 0.3) is 5.91 Å². The third-order valence-electron chi connectivity index (χ3n) is 6.43. The molecular weight excluding hydrogens is 418 g/mol. The molecule has 6 rings (SSSR count). The SMILES string of the molecule is COC[C@@H]1CN(C(=O)NC(=O)C2=C3C2=Cn2c(cc4ccccc42)-c2ccccc23)CCO1. The summed E-state index contributed by atoms with van der Waals surface area (Å²) < 4.78 is 12.9. The van der Waals surface area contributed by atoms with Gasteiger partial charge in [-0.05, 0) is 17.7 Å². The number of urea groups is 1. The second-order valence-corrected chi connectivity index (χ2v) is 8.45. The lowest BCUT2D eigenvalue weighted by molar-refractivity contribution is -0.116. The lowest BCUT2D eigenvalue weighted by Gasteiger charge is -2.32. The average molecular weight is 441 g/mol. The zero-order chi connectivity index (χ0) is 22.5. The number of imide groups is 1. The van der Waals surface area contributed by atoms with E-state index >= 15 is 0 Å². The van der Waals surface area contributed by atoms with Crippen molar-refractivity contribution in [2.24, 2.45) is 0 Å². The molecular formula is C26H23N3O4. The smallest absolute Gasteiger partial charge is 0.324 e. The standard InChI is InChI=1S/C26H23N3O4/c1-32-15-17-13-28(10-11-33-17)26(31)27-25(30)24-20-14-29-21-9-5-2-6-16(21)12-22(29)18-7-3-4-8-19(18)23(20)24/h2-9,12,14,17H,10-11,13,15H2,1H3,(H,27,30,31)/t17-/m0/s1. The van der Waals surface area contributed by atoms with E-state index in [-0.39, 0.29) is 12.0 Å². The van der Waals surface area contributed by atoms with Crippen LogP contribution in [0.15, 0.2) is 65.7 Å². The first-order chi connectivity index (χ1) is 16.2. The Bertz CT molecular complexity index is 1360. The van der Waals surface area contributed by atoms with Crippen molar-refractivity contribution in [1.82, 2.24) is 14.8 Å². The minimum absolute atomic E-state index is 0.186. The summed E-state index contributed by atoms with van der Waals surface area (Å²) in [5.41, 5.74) is 6.59. The Balaban J connectivity index is 1.31. The van der Waals surface area contributed by atoms with E-state index in [2.05, 4.69) is 34.1 Å². The van der Waals surface area contributed by atoms with Gasteiger partial charge in [0.05, 0.1) is 42.6 Å². The summed E-state index contributed by atoms with van der Waals surface area (Å²) in [5.74, 6) is -0.370. The zero-order valence-electron chi connectivity index (χ0n) is 18.2. The van der Waals surface area contributed by atoms with Gasteiger partial charge < -0.3 is 18.9 Å². The van der Waals surface area contributed by atoms with Gasteiger partial charge in [0.1, 0.15) is 0 Å². The third kappa shape index (κ3) is 3.28. The molecule has 1 N–H and O–H groups in total. The van der Waals surface area contributed by atoms with E-state index < -0.39 is 6.03 Å². The van der Waals surface area contributed by atoms with Gasteiger partial charge in [-0.25, -0.2) is 4.79 Å². The molecule has 1 aliphatic carbocycles. The molecule has 1 atom stereocenters. The van der Waals surface area contributed by atoms with Crippen LogP contribution in [0.2, 0.25) is 0 Å². The average Bonchev–Trinajstić information content (AvgIpc) is 3.47. The van der Waals surface area contributed by atoms with Crippen LogP contribution in [0.1, 0.15) is 5.56 Å². The molecule has 3 heterocycles. The molecule has 0 unspecified atom stereocenters. The Morgan fingerprint density at radius 3 is 2.76 bits per heavy atom. The lowest BCUT2D eigenvalue weighted by Crippen LogP contribution is -2.51. The maximum absolute atomic E-state index is 13.1. The van der Waals surface area contributed by atoms with Crippen LogP contribution in [0.25, 0.3) is 33.9 Å². The normalized spacial score (nSPS) is 18.8. The second kappa shape index (κ2) is 7.72. The molecule has 0 radical (unpaired) electrons. The Hall–Kier alpha value is -3.68. The van der Waals surface area contributed by atoms with E-state index in [1.54, 1.807) is 12.0 Å². The Kier molecular flexibility index (Phi) is 4.67. The fourth-order valence-corrected chi connectivity index (χ4v) is 4.85. The van der Waals surface area contributed by atoms with E-state index in [0.717, 1.165) is 38.9 Å². The molecule has 0 spiro atoms. The number of benzene rings is 2. The summed E-state index contributed by atoms with van der Waals surface area (Å²) in [7, 11) is 1.60. The van der Waals surface area contributed by atoms with Crippen LogP contribution in [-0.2, 0) is 14.3 Å². The van der Waals surface area contributed by atoms with Crippen LogP contribution >= 0.6 is 0 Å². The number of allylic oxidation sites excluding steroid dienone is 1. The molecule has 3 aromatic rings. The minimum Gasteiger partial charge on any atom is -0.382 e. The quantitative estimate of drug-likeness (QED) is 0.675. The number of hydrogen-bond donors (Lipinski definition) is 1. The van der Waals surface area contributed by atoms with E-state index in [0.29, 0.717) is 31.9 Å². The van der Waals surface area contributed by atoms with Gasteiger partial charge in [0.2, 0.25) is 0 Å². The second-order valence-electron chi connectivity index (χ2n) is 8.45. The fraction of sp³-hybridized carbons (Fsp3) is 0.231. The molecule has 2 aromatic carbocycles. The molecule has 0 saturated carbocycles. The first kappa shape index (κ1) is 20.0. The van der Waals surface area contributed by atoms with Crippen LogP contribution < -0.4 is 5.32 Å². The molecule has 3 aliphatic rings. The van der Waals surface area contributed by atoms with Crippen molar-refractivity contribution in [3.8, 4) is 11.3 Å². The Morgan fingerprint density at radius 1 is 1.12 bits per heavy atom. The number of carbonyl (C=O) groups excluding carboxylic acids is 2. The number of rotatable bonds is 3. The number of nitrogens with one attached hydrogen (secondary N) is 1. The highest BCUT2D eigenvalue weighted by molar-refractivity contribution is 6.28. The van der Waals surface area contributed by atoms with Gasteiger partial charge in [-0.3, -0.25) is 10.1 Å². The molecule has 1 aromatic heterocycles. The monoisotopic (exact) mass is 441 g/mol. The van der Waals surface area contributed by atoms with Crippen LogP contribution in [0.4, 0.5) is 4.79 Å². The van der Waals surface area contributed by atoms with Gasteiger partial charge in [0.15, 0.2) is 0 Å². The van der Waals surface area contributed by atoms with Gasteiger partial charge in [-0.2, -0.15) is 0 Å². The van der Waals surface area contributed by atoms with Crippen molar-refractivity contribution in [2.45, 2.75) is 6.10 Å². The topological polar surface area (TPSA) is 72.8 Å². The highest BCUT2D eigenvalue weighted by Gasteiger charge is 2.41. The number of morpholine rings is 1. The number of fused-ring (bicyclic) bond motifs is 7. The predicted octanol–water partition coefficient (Wildman–Crippen LogP) is 3.51. The summed E-state index contributed by atoms with van der Waals surface area (Å²) in [6.45, 7) is 1.66. The highest BCUT2D eigenvalue weighted by Crippen LogP contribution is 2.52. The number of hydrogen-bond acceptors (Lipinski definition) is 4. The van der Waals surface area contributed by atoms with E-state index in [1.165, 1.54) is 0 Å². The number of nitrogens with zero attached hydrogens (tertiary/aromatic N) is 2. The largest absolute Gasteiger partial charge is 0.382 e. The number of aromatic nitrogens is 1. The molecule has 7 heteroatoms. The molecule has 1 fully saturated rings. The number of ether oxygens (including phenoxy) is 2. The first-order valence-corrected chi connectivity index (χ1v) is 11.0. The molecule has 1 saturated heterocycles. The highest BCUT2D eigenvalue weighted by atomic mass is 16.5. The van der Waals surface area contributed by atoms with Crippen LogP contribution in [0.5, 0.6) is 0 Å². The summed E-state index contributed by atoms with van der Waals surface area (Å²) in [6.07, 6.45) is 1.82. The van der Waals surface area contributed by atoms with Crippen molar-refractivity contribution in [1.29, 1.82) is 0 Å². The van der Waals surface area contributed by atoms with Gasteiger partial charge >= 0.3 is 6.03 Å².